The SMILES string of the molecule is CCN1CCC(Nc2nc3cc(C(F)(F)F)ccc3s2)C1=O. The first-order valence-electron chi connectivity index (χ1n) is 6.91. The zero-order chi connectivity index (χ0) is 15.9. The molecule has 1 unspecified atom stereocenters. The van der Waals surface area contributed by atoms with E-state index < -0.39 is 11.7 Å². The Morgan fingerprint density at radius 2 is 2.23 bits per heavy atom. The maximum absolute atomic E-state index is 12.7. The summed E-state index contributed by atoms with van der Waals surface area (Å²) in [5.74, 6) is 0.0118. The van der Waals surface area contributed by atoms with E-state index in [0.29, 0.717) is 34.9 Å². The van der Waals surface area contributed by atoms with Crippen molar-refractivity contribution in [1.82, 2.24) is 9.88 Å². The lowest BCUT2D eigenvalue weighted by molar-refractivity contribution is -0.137. The standard InChI is InChI=1S/C14H14F3N3OS/c1-2-20-6-5-9(12(20)21)18-13-19-10-7-8(14(15,16)17)3-4-11(10)22-13/h3-4,7,9H,2,5-6H2,1H3,(H,18,19). The summed E-state index contributed by atoms with van der Waals surface area (Å²) >= 11 is 1.25. The van der Waals surface area contributed by atoms with Gasteiger partial charge in [0, 0.05) is 13.1 Å². The average molecular weight is 329 g/mol. The average Bonchev–Trinajstić information content (AvgIpc) is 3.01. The van der Waals surface area contributed by atoms with Crippen LogP contribution in [0.5, 0.6) is 0 Å². The summed E-state index contributed by atoms with van der Waals surface area (Å²) < 4.78 is 38.7. The van der Waals surface area contributed by atoms with Crippen LogP contribution in [0.1, 0.15) is 18.9 Å². The molecule has 1 saturated heterocycles. The Balaban J connectivity index is 1.82. The van der Waals surface area contributed by atoms with Gasteiger partial charge >= 0.3 is 6.18 Å². The fourth-order valence-corrected chi connectivity index (χ4v) is 3.40. The Morgan fingerprint density at radius 1 is 1.45 bits per heavy atom. The topological polar surface area (TPSA) is 45.2 Å². The first-order valence-corrected chi connectivity index (χ1v) is 7.73. The maximum atomic E-state index is 12.7. The molecule has 0 aliphatic carbocycles. The van der Waals surface area contributed by atoms with E-state index in [-0.39, 0.29) is 11.9 Å². The number of hydrogen-bond donors (Lipinski definition) is 1. The van der Waals surface area contributed by atoms with E-state index in [9.17, 15) is 18.0 Å². The molecular formula is C14H14F3N3OS. The second-order valence-electron chi connectivity index (χ2n) is 5.10. The molecule has 4 nitrogen and oxygen atoms in total. The molecule has 0 radical (unpaired) electrons. The largest absolute Gasteiger partial charge is 0.416 e. The van der Waals surface area contributed by atoms with Crippen LogP contribution in [0, 0.1) is 0 Å². The van der Waals surface area contributed by atoms with Crippen molar-refractivity contribution in [3.8, 4) is 0 Å². The summed E-state index contributed by atoms with van der Waals surface area (Å²) in [6.07, 6.45) is -3.70. The molecule has 2 aromatic rings. The summed E-state index contributed by atoms with van der Waals surface area (Å²) in [7, 11) is 0. The van der Waals surface area contributed by atoms with Crippen LogP contribution in [0.25, 0.3) is 10.2 Å². The number of thiazole rings is 1. The first-order chi connectivity index (χ1) is 10.4. The summed E-state index contributed by atoms with van der Waals surface area (Å²) in [5.41, 5.74) is -0.425. The minimum Gasteiger partial charge on any atom is -0.350 e. The van der Waals surface area contributed by atoms with Crippen LogP contribution in [0.4, 0.5) is 18.3 Å². The molecule has 1 aliphatic heterocycles. The van der Waals surface area contributed by atoms with Crippen molar-refractivity contribution in [3.05, 3.63) is 23.8 Å². The molecule has 1 N–H and O–H groups in total. The molecule has 0 saturated carbocycles. The molecule has 2 heterocycles. The number of nitrogens with one attached hydrogen (secondary N) is 1. The number of benzene rings is 1. The van der Waals surface area contributed by atoms with Crippen molar-refractivity contribution in [1.29, 1.82) is 0 Å². The summed E-state index contributed by atoms with van der Waals surface area (Å²) in [6, 6.07) is 3.15. The number of carbonyl (C=O) groups is 1. The van der Waals surface area contributed by atoms with Gasteiger partial charge in [0.1, 0.15) is 6.04 Å². The fraction of sp³-hybridized carbons (Fsp3) is 0.429. The molecule has 1 aromatic heterocycles. The molecule has 3 rings (SSSR count). The molecule has 8 heteroatoms. The van der Waals surface area contributed by atoms with Crippen LogP contribution in [-0.4, -0.2) is 34.9 Å². The number of rotatable bonds is 3. The van der Waals surface area contributed by atoms with Crippen molar-refractivity contribution in [2.24, 2.45) is 0 Å². The van der Waals surface area contributed by atoms with Crippen LogP contribution in [-0.2, 0) is 11.0 Å². The van der Waals surface area contributed by atoms with E-state index in [1.54, 1.807) is 4.90 Å². The van der Waals surface area contributed by atoms with E-state index in [1.165, 1.54) is 17.4 Å². The number of likely N-dealkylation sites (N-methyl/N-ethyl adjacent to an activating group) is 1. The molecule has 1 aliphatic rings. The molecule has 1 aromatic carbocycles. The van der Waals surface area contributed by atoms with E-state index in [0.717, 1.165) is 12.1 Å². The zero-order valence-corrected chi connectivity index (χ0v) is 12.6. The molecule has 1 amide bonds. The van der Waals surface area contributed by atoms with Gasteiger partial charge in [-0.3, -0.25) is 4.79 Å². The number of alkyl halides is 3. The number of carbonyl (C=O) groups excluding carboxylic acids is 1. The van der Waals surface area contributed by atoms with Gasteiger partial charge in [-0.1, -0.05) is 11.3 Å². The minimum absolute atomic E-state index is 0.0118. The van der Waals surface area contributed by atoms with Crippen molar-refractivity contribution in [2.45, 2.75) is 25.6 Å². The molecule has 22 heavy (non-hydrogen) atoms. The van der Waals surface area contributed by atoms with E-state index in [4.69, 9.17) is 0 Å². The number of nitrogens with zero attached hydrogens (tertiary/aromatic N) is 2. The van der Waals surface area contributed by atoms with Gasteiger partial charge in [-0.15, -0.1) is 0 Å². The lowest BCUT2D eigenvalue weighted by Gasteiger charge is -2.13. The molecule has 118 valence electrons. The summed E-state index contributed by atoms with van der Waals surface area (Å²) in [6.45, 7) is 3.26. The smallest absolute Gasteiger partial charge is 0.350 e. The van der Waals surface area contributed by atoms with Crippen LogP contribution < -0.4 is 5.32 Å². The van der Waals surface area contributed by atoms with Gasteiger partial charge in [0.05, 0.1) is 15.8 Å². The number of fused-ring (bicyclic) bond motifs is 1. The third kappa shape index (κ3) is 2.75. The molecule has 1 fully saturated rings. The highest BCUT2D eigenvalue weighted by molar-refractivity contribution is 7.22. The van der Waals surface area contributed by atoms with Crippen LogP contribution in [0.15, 0.2) is 18.2 Å². The number of anilines is 1. The third-order valence-electron chi connectivity index (χ3n) is 3.69. The molecule has 0 spiro atoms. The summed E-state index contributed by atoms with van der Waals surface area (Å²) in [4.78, 5) is 17.9. The van der Waals surface area contributed by atoms with Gasteiger partial charge in [-0.05, 0) is 31.5 Å². The Hall–Kier alpha value is -1.83. The summed E-state index contributed by atoms with van der Waals surface area (Å²) in [5, 5.41) is 3.51. The molecular weight excluding hydrogens is 315 g/mol. The van der Waals surface area contributed by atoms with Gasteiger partial charge in [0.25, 0.3) is 0 Å². The monoisotopic (exact) mass is 329 g/mol. The number of hydrogen-bond acceptors (Lipinski definition) is 4. The third-order valence-corrected chi connectivity index (χ3v) is 4.66. The van der Waals surface area contributed by atoms with Gasteiger partial charge < -0.3 is 10.2 Å². The number of aromatic nitrogens is 1. The fourth-order valence-electron chi connectivity index (χ4n) is 2.50. The van der Waals surface area contributed by atoms with Crippen molar-refractivity contribution in [2.75, 3.05) is 18.4 Å². The van der Waals surface area contributed by atoms with Crippen molar-refractivity contribution < 1.29 is 18.0 Å². The van der Waals surface area contributed by atoms with E-state index in [2.05, 4.69) is 10.3 Å². The second kappa shape index (κ2) is 5.42. The maximum Gasteiger partial charge on any atom is 0.416 e. The minimum atomic E-state index is -4.38. The van der Waals surface area contributed by atoms with Gasteiger partial charge in [-0.2, -0.15) is 13.2 Å². The van der Waals surface area contributed by atoms with Crippen LogP contribution in [0.3, 0.4) is 0 Å². The number of amides is 1. The van der Waals surface area contributed by atoms with Gasteiger partial charge in [-0.25, -0.2) is 4.98 Å². The Bertz CT molecular complexity index is 713. The Labute approximate surface area is 128 Å². The first kappa shape index (κ1) is 15.1. The Morgan fingerprint density at radius 3 is 2.86 bits per heavy atom. The normalized spacial score (nSPS) is 19.2. The predicted molar refractivity (Wildman–Crippen MR) is 78.9 cm³/mol. The highest BCUT2D eigenvalue weighted by atomic mass is 32.1. The zero-order valence-electron chi connectivity index (χ0n) is 11.8. The molecule has 0 bridgehead atoms. The molecule has 1 atom stereocenters. The van der Waals surface area contributed by atoms with Gasteiger partial charge in [0.15, 0.2) is 5.13 Å². The predicted octanol–water partition coefficient (Wildman–Crippen LogP) is 3.35. The lowest BCUT2D eigenvalue weighted by Crippen LogP contribution is -2.33. The van der Waals surface area contributed by atoms with Crippen molar-refractivity contribution >= 4 is 32.6 Å². The van der Waals surface area contributed by atoms with Crippen LogP contribution in [0.2, 0.25) is 0 Å². The lowest BCUT2D eigenvalue weighted by atomic mass is 10.2. The van der Waals surface area contributed by atoms with Crippen molar-refractivity contribution in [3.63, 3.8) is 0 Å². The Kier molecular flexibility index (Phi) is 3.72. The second-order valence-corrected chi connectivity index (χ2v) is 6.13. The highest BCUT2D eigenvalue weighted by Gasteiger charge is 2.32. The van der Waals surface area contributed by atoms with Crippen LogP contribution >= 0.6 is 11.3 Å². The number of likely N-dealkylation sites (tertiary alicyclic amines) is 1. The van der Waals surface area contributed by atoms with E-state index >= 15 is 0 Å². The number of halogens is 3. The quantitative estimate of drug-likeness (QED) is 0.939. The van der Waals surface area contributed by atoms with Gasteiger partial charge in [0.2, 0.25) is 5.91 Å². The van der Waals surface area contributed by atoms with E-state index in [1.807, 2.05) is 6.92 Å². The highest BCUT2D eigenvalue weighted by Crippen LogP contribution is 2.34.